The van der Waals surface area contributed by atoms with Gasteiger partial charge in [-0.1, -0.05) is 19.9 Å². The van der Waals surface area contributed by atoms with Gasteiger partial charge in [0.2, 0.25) is 12.7 Å². The highest BCUT2D eigenvalue weighted by Crippen LogP contribution is 2.41. The zero-order valence-electron chi connectivity index (χ0n) is 19.8. The average Bonchev–Trinajstić information content (AvgIpc) is 3.28. The molecule has 1 N–H and O–H groups in total. The maximum Gasteiger partial charge on any atom is 0.249 e. The Balaban J connectivity index is 1.15. The first kappa shape index (κ1) is 23.2. The van der Waals surface area contributed by atoms with Crippen LogP contribution in [0.2, 0.25) is 0 Å². The smallest absolute Gasteiger partial charge is 0.249 e. The molecule has 0 radical (unpaired) electrons. The van der Waals surface area contributed by atoms with Crippen LogP contribution in [0.25, 0.3) is 0 Å². The summed E-state index contributed by atoms with van der Waals surface area (Å²) < 4.78 is 16.6. The van der Waals surface area contributed by atoms with Crippen molar-refractivity contribution in [2.75, 3.05) is 51.5 Å². The number of nitrogens with one attached hydrogen (secondary N) is 1. The Morgan fingerprint density at radius 3 is 2.56 bits per heavy atom. The number of piperazine rings is 1. The van der Waals surface area contributed by atoms with Gasteiger partial charge in [-0.25, -0.2) is 0 Å². The van der Waals surface area contributed by atoms with Crippen molar-refractivity contribution in [3.05, 3.63) is 18.2 Å². The van der Waals surface area contributed by atoms with Gasteiger partial charge >= 0.3 is 0 Å². The van der Waals surface area contributed by atoms with E-state index in [-0.39, 0.29) is 17.9 Å². The lowest BCUT2D eigenvalue weighted by Crippen LogP contribution is -2.47. The van der Waals surface area contributed by atoms with Crippen LogP contribution in [0.4, 0.5) is 5.69 Å². The fraction of sp³-hybridized carbons (Fsp3) is 0.720. The predicted octanol–water partition coefficient (Wildman–Crippen LogP) is 3.27. The summed E-state index contributed by atoms with van der Waals surface area (Å²) in [5.41, 5.74) is 1.16. The number of para-hydroxylation sites is 1. The summed E-state index contributed by atoms with van der Waals surface area (Å²) in [6.45, 7) is 9.76. The predicted molar refractivity (Wildman–Crippen MR) is 125 cm³/mol. The van der Waals surface area contributed by atoms with Crippen LogP contribution in [-0.4, -0.2) is 69.6 Å². The van der Waals surface area contributed by atoms with E-state index in [1.807, 2.05) is 26.0 Å². The number of amides is 1. The molecule has 2 heterocycles. The van der Waals surface area contributed by atoms with Crippen molar-refractivity contribution in [2.45, 2.75) is 58.1 Å². The van der Waals surface area contributed by atoms with Crippen LogP contribution in [0.3, 0.4) is 0 Å². The molecule has 1 saturated heterocycles. The standard InChI is InChI=1S/C25H39N3O4/c1-18(2)23(30-3)25(29)26-20-9-7-19(8-10-20)11-12-27-13-15-28(16-14-27)21-5-4-6-22-24(21)32-17-31-22/h4-6,18-20,23H,7-17H2,1-3H3,(H,26,29)/t19?,20?,23-/m0/s1. The molecule has 0 aromatic heterocycles. The third kappa shape index (κ3) is 5.49. The lowest BCUT2D eigenvalue weighted by Gasteiger charge is -2.37. The van der Waals surface area contributed by atoms with Crippen LogP contribution in [0.1, 0.15) is 46.0 Å². The Bertz CT molecular complexity index is 756. The van der Waals surface area contributed by atoms with E-state index in [0.29, 0.717) is 12.8 Å². The van der Waals surface area contributed by atoms with Crippen molar-refractivity contribution in [1.29, 1.82) is 0 Å². The van der Waals surface area contributed by atoms with Crippen molar-refractivity contribution in [3.63, 3.8) is 0 Å². The molecule has 0 bridgehead atoms. The van der Waals surface area contributed by atoms with E-state index in [1.54, 1.807) is 7.11 Å². The summed E-state index contributed by atoms with van der Waals surface area (Å²) in [4.78, 5) is 17.4. The molecule has 1 aromatic carbocycles. The first-order valence-electron chi connectivity index (χ1n) is 12.2. The molecule has 1 saturated carbocycles. The minimum absolute atomic E-state index is 0.0462. The Morgan fingerprint density at radius 2 is 1.88 bits per heavy atom. The Kier molecular flexibility index (Phi) is 7.79. The number of carbonyl (C=O) groups is 1. The molecule has 178 valence electrons. The van der Waals surface area contributed by atoms with Crippen molar-refractivity contribution in [2.24, 2.45) is 11.8 Å². The fourth-order valence-electron chi connectivity index (χ4n) is 5.30. The summed E-state index contributed by atoms with van der Waals surface area (Å²) in [7, 11) is 1.62. The van der Waals surface area contributed by atoms with Crippen LogP contribution in [0.5, 0.6) is 11.5 Å². The number of fused-ring (bicyclic) bond motifs is 1. The van der Waals surface area contributed by atoms with Gasteiger partial charge < -0.3 is 24.4 Å². The minimum atomic E-state index is -0.345. The van der Waals surface area contributed by atoms with E-state index in [2.05, 4.69) is 21.2 Å². The van der Waals surface area contributed by atoms with Crippen molar-refractivity contribution < 1.29 is 19.0 Å². The summed E-state index contributed by atoms with van der Waals surface area (Å²) in [5, 5.41) is 3.22. The zero-order chi connectivity index (χ0) is 22.5. The monoisotopic (exact) mass is 445 g/mol. The van der Waals surface area contributed by atoms with E-state index in [0.717, 1.165) is 62.1 Å². The van der Waals surface area contributed by atoms with Gasteiger partial charge in [0.05, 0.1) is 5.69 Å². The first-order valence-corrected chi connectivity index (χ1v) is 12.2. The van der Waals surface area contributed by atoms with Crippen LogP contribution >= 0.6 is 0 Å². The molecule has 1 atom stereocenters. The highest BCUT2D eigenvalue weighted by molar-refractivity contribution is 5.81. The number of hydrogen-bond donors (Lipinski definition) is 1. The molecule has 2 fully saturated rings. The first-order chi connectivity index (χ1) is 15.5. The topological polar surface area (TPSA) is 63.3 Å². The van der Waals surface area contributed by atoms with E-state index in [1.165, 1.54) is 25.8 Å². The molecule has 7 nitrogen and oxygen atoms in total. The Labute approximate surface area is 192 Å². The highest BCUT2D eigenvalue weighted by Gasteiger charge is 2.28. The van der Waals surface area contributed by atoms with Crippen LogP contribution in [-0.2, 0) is 9.53 Å². The number of ether oxygens (including phenoxy) is 3. The lowest BCUT2D eigenvalue weighted by atomic mass is 9.84. The van der Waals surface area contributed by atoms with E-state index < -0.39 is 0 Å². The van der Waals surface area contributed by atoms with Crippen molar-refractivity contribution in [3.8, 4) is 11.5 Å². The molecule has 7 heteroatoms. The molecule has 32 heavy (non-hydrogen) atoms. The van der Waals surface area contributed by atoms with Crippen molar-refractivity contribution >= 4 is 11.6 Å². The number of benzene rings is 1. The SMILES string of the molecule is CO[C@H](C(=O)NC1CCC(CCN2CCN(c3cccc4c3OCO4)CC2)CC1)C(C)C. The number of nitrogens with zero attached hydrogens (tertiary/aromatic N) is 2. The summed E-state index contributed by atoms with van der Waals surface area (Å²) in [5.74, 6) is 2.77. The van der Waals surface area contributed by atoms with Gasteiger partial charge in [0.1, 0.15) is 6.10 Å². The van der Waals surface area contributed by atoms with Crippen LogP contribution in [0, 0.1) is 11.8 Å². The van der Waals surface area contributed by atoms with Gasteiger partial charge in [-0.3, -0.25) is 9.69 Å². The molecule has 2 aliphatic heterocycles. The second-order valence-corrected chi connectivity index (χ2v) is 9.75. The maximum atomic E-state index is 12.4. The number of methoxy groups -OCH3 is 1. The number of rotatable bonds is 8. The van der Waals surface area contributed by atoms with Gasteiger partial charge in [-0.15, -0.1) is 0 Å². The quantitative estimate of drug-likeness (QED) is 0.663. The van der Waals surface area contributed by atoms with Crippen LogP contribution < -0.4 is 19.7 Å². The van der Waals surface area contributed by atoms with Gasteiger partial charge in [0.25, 0.3) is 0 Å². The largest absolute Gasteiger partial charge is 0.454 e. The molecule has 0 unspecified atom stereocenters. The number of carbonyl (C=O) groups excluding carboxylic acids is 1. The Morgan fingerprint density at radius 1 is 1.12 bits per heavy atom. The van der Waals surface area contributed by atoms with Crippen molar-refractivity contribution in [1.82, 2.24) is 10.2 Å². The third-order valence-corrected chi connectivity index (χ3v) is 7.25. The van der Waals surface area contributed by atoms with Crippen LogP contribution in [0.15, 0.2) is 18.2 Å². The van der Waals surface area contributed by atoms with Gasteiger partial charge in [0, 0.05) is 39.3 Å². The average molecular weight is 446 g/mol. The molecule has 1 aromatic rings. The van der Waals surface area contributed by atoms with Gasteiger partial charge in [0.15, 0.2) is 11.5 Å². The second kappa shape index (κ2) is 10.8. The van der Waals surface area contributed by atoms with E-state index in [4.69, 9.17) is 14.2 Å². The minimum Gasteiger partial charge on any atom is -0.454 e. The molecule has 1 aliphatic carbocycles. The fourth-order valence-corrected chi connectivity index (χ4v) is 5.30. The molecule has 1 amide bonds. The molecule has 3 aliphatic rings. The normalized spacial score (nSPS) is 24.6. The maximum absolute atomic E-state index is 12.4. The third-order valence-electron chi connectivity index (χ3n) is 7.25. The zero-order valence-corrected chi connectivity index (χ0v) is 19.8. The number of hydrogen-bond acceptors (Lipinski definition) is 6. The van der Waals surface area contributed by atoms with Gasteiger partial charge in [-0.2, -0.15) is 0 Å². The lowest BCUT2D eigenvalue weighted by molar-refractivity contribution is -0.134. The highest BCUT2D eigenvalue weighted by atomic mass is 16.7. The summed E-state index contributed by atoms with van der Waals surface area (Å²) >= 11 is 0. The Hall–Kier alpha value is -1.99. The van der Waals surface area contributed by atoms with E-state index >= 15 is 0 Å². The molecular weight excluding hydrogens is 406 g/mol. The number of anilines is 1. The van der Waals surface area contributed by atoms with E-state index in [9.17, 15) is 4.79 Å². The molecular formula is C25H39N3O4. The molecule has 0 spiro atoms. The van der Waals surface area contributed by atoms with Gasteiger partial charge in [-0.05, 0) is 62.6 Å². The summed E-state index contributed by atoms with van der Waals surface area (Å²) in [6.07, 6.45) is 5.49. The molecule has 4 rings (SSSR count). The summed E-state index contributed by atoms with van der Waals surface area (Å²) in [6, 6.07) is 6.46. The second-order valence-electron chi connectivity index (χ2n) is 9.75.